The Kier molecular flexibility index (Phi) is 18.8. The van der Waals surface area contributed by atoms with Gasteiger partial charge in [0.15, 0.2) is 0 Å². The Morgan fingerprint density at radius 2 is 0.984 bits per heavy atom. The summed E-state index contributed by atoms with van der Waals surface area (Å²) >= 11 is 0. The van der Waals surface area contributed by atoms with Gasteiger partial charge >= 0.3 is 23.9 Å². The first kappa shape index (κ1) is 47.3. The summed E-state index contributed by atoms with van der Waals surface area (Å²) in [5, 5.41) is 0. The van der Waals surface area contributed by atoms with E-state index in [4.69, 9.17) is 37.9 Å². The van der Waals surface area contributed by atoms with Gasteiger partial charge in [-0.05, 0) is 79.2 Å². The zero-order valence-electron chi connectivity index (χ0n) is 34.7. The molecule has 0 fully saturated rings. The Morgan fingerprint density at radius 1 is 0.532 bits per heavy atom. The zero-order chi connectivity index (χ0) is 44.7. The summed E-state index contributed by atoms with van der Waals surface area (Å²) in [5.74, 6) is -1.99. The molecule has 5 rings (SSSR count). The largest absolute Gasteiger partial charge is 0.493 e. The summed E-state index contributed by atoms with van der Waals surface area (Å²) in [7, 11) is 2.94. The molecule has 0 saturated carbocycles. The van der Waals surface area contributed by atoms with Gasteiger partial charge in [-0.2, -0.15) is 0 Å². The second-order valence-corrected chi connectivity index (χ2v) is 13.0. The third-order valence-corrected chi connectivity index (χ3v) is 8.74. The van der Waals surface area contributed by atoms with Crippen LogP contribution in [-0.2, 0) is 34.3 Å². The highest BCUT2D eigenvalue weighted by Crippen LogP contribution is 2.30. The molecule has 5 aromatic rings. The van der Waals surface area contributed by atoms with Gasteiger partial charge in [-0.25, -0.2) is 19.2 Å². The minimum Gasteiger partial charge on any atom is -0.493 e. The van der Waals surface area contributed by atoms with Crippen LogP contribution in [-0.4, -0.2) is 70.3 Å². The molecule has 0 amide bonds. The van der Waals surface area contributed by atoms with E-state index in [-0.39, 0.29) is 24.7 Å². The molecule has 62 heavy (non-hydrogen) atoms. The molecule has 0 aliphatic rings. The summed E-state index contributed by atoms with van der Waals surface area (Å²) in [6.07, 6.45) is 3.21. The van der Waals surface area contributed by atoms with Crippen molar-refractivity contribution < 1.29 is 61.9 Å². The SMILES string of the molecule is C=CC(=O)OCCCOc1ccc(C(=O)Oc2ccc(OC(=O)c3ccc(OCCCOC(=O)C=C)cc3)c(C)c2)cc1.COC(OC)(C(=O)c1ccccc1)c1ccccc1. The van der Waals surface area contributed by atoms with Crippen LogP contribution in [0.5, 0.6) is 23.0 Å². The normalized spacial score (nSPS) is 10.5. The van der Waals surface area contributed by atoms with Crippen LogP contribution in [0.15, 0.2) is 153 Å². The molecule has 0 atom stereocenters. The molecule has 0 saturated heterocycles. The monoisotopic (exact) mass is 844 g/mol. The van der Waals surface area contributed by atoms with E-state index in [0.29, 0.717) is 71.1 Å². The molecule has 0 aromatic heterocycles. The lowest BCUT2D eigenvalue weighted by Gasteiger charge is -2.29. The van der Waals surface area contributed by atoms with Crippen LogP contribution in [0.25, 0.3) is 0 Å². The van der Waals surface area contributed by atoms with Gasteiger partial charge in [-0.3, -0.25) is 4.79 Å². The van der Waals surface area contributed by atoms with Gasteiger partial charge in [0.1, 0.15) is 23.0 Å². The molecule has 0 aliphatic heterocycles. The number of carbonyl (C=O) groups is 5. The fraction of sp³-hybridized carbons (Fsp3) is 0.204. The third kappa shape index (κ3) is 14.1. The van der Waals surface area contributed by atoms with Crippen LogP contribution < -0.4 is 18.9 Å². The highest BCUT2D eigenvalue weighted by atomic mass is 16.7. The summed E-state index contributed by atoms with van der Waals surface area (Å²) < 4.78 is 42.7. The lowest BCUT2D eigenvalue weighted by Crippen LogP contribution is -2.39. The first-order valence-corrected chi connectivity index (χ1v) is 19.4. The van der Waals surface area contributed by atoms with Crippen LogP contribution in [0.4, 0.5) is 0 Å². The van der Waals surface area contributed by atoms with Gasteiger partial charge in [0.25, 0.3) is 5.79 Å². The van der Waals surface area contributed by atoms with E-state index in [1.54, 1.807) is 79.7 Å². The zero-order valence-corrected chi connectivity index (χ0v) is 34.7. The van der Waals surface area contributed by atoms with Gasteiger partial charge in [-0.1, -0.05) is 73.8 Å². The number of carbonyl (C=O) groups excluding carboxylic acids is 5. The lowest BCUT2D eigenvalue weighted by molar-refractivity contribution is -0.176. The Bertz CT molecular complexity index is 2250. The van der Waals surface area contributed by atoms with Crippen molar-refractivity contribution in [1.82, 2.24) is 0 Å². The maximum absolute atomic E-state index is 12.7. The van der Waals surface area contributed by atoms with Gasteiger partial charge in [0.2, 0.25) is 5.78 Å². The minimum atomic E-state index is -1.40. The fourth-order valence-corrected chi connectivity index (χ4v) is 5.53. The van der Waals surface area contributed by atoms with Crippen molar-refractivity contribution in [2.24, 2.45) is 0 Å². The number of rotatable bonds is 21. The number of esters is 4. The Labute approximate surface area is 360 Å². The number of aryl methyl sites for hydroxylation is 1. The predicted octanol–water partition coefficient (Wildman–Crippen LogP) is 8.44. The molecule has 13 nitrogen and oxygen atoms in total. The average molecular weight is 845 g/mol. The molecular formula is C49H48O13. The standard InChI is InChI=1S/C33H32O10.C16H16O3/c1-4-30(34)40-20-6-18-38-26-12-8-24(9-13-26)32(36)42-28-16-17-29(23(3)22-28)43-33(37)25-10-14-27(15-11-25)39-19-7-21-41-31(35)5-2;1-18-16(19-2,14-11-7-4-8-12-14)15(17)13-9-5-3-6-10-13/h4-5,8-17,22H,1-2,6-7,18-21H2,3H3;3-12H,1-2H3. The maximum Gasteiger partial charge on any atom is 0.343 e. The number of Topliss-reactive ketones (excluding diaryl/α,β-unsaturated/α-hetero) is 1. The van der Waals surface area contributed by atoms with E-state index in [2.05, 4.69) is 13.2 Å². The van der Waals surface area contributed by atoms with Crippen LogP contribution in [0.3, 0.4) is 0 Å². The number of ketones is 1. The van der Waals surface area contributed by atoms with Gasteiger partial charge in [-0.15, -0.1) is 0 Å². The first-order valence-electron chi connectivity index (χ1n) is 19.4. The van der Waals surface area contributed by atoms with Crippen LogP contribution in [0.2, 0.25) is 0 Å². The molecule has 0 aliphatic carbocycles. The summed E-state index contributed by atoms with van der Waals surface area (Å²) in [6, 6.07) is 35.8. The number of benzene rings is 5. The van der Waals surface area contributed by atoms with Crippen molar-refractivity contribution in [2.45, 2.75) is 25.6 Å². The second kappa shape index (κ2) is 24.7. The first-order chi connectivity index (χ1) is 30.0. The minimum absolute atomic E-state index is 0.218. The molecule has 0 heterocycles. The Morgan fingerprint density at radius 3 is 1.44 bits per heavy atom. The quantitative estimate of drug-likeness (QED) is 0.0173. The van der Waals surface area contributed by atoms with E-state index in [1.165, 1.54) is 20.3 Å². The average Bonchev–Trinajstić information content (AvgIpc) is 3.31. The van der Waals surface area contributed by atoms with Gasteiger partial charge in [0, 0.05) is 50.3 Å². The summed E-state index contributed by atoms with van der Waals surface area (Å²) in [4.78, 5) is 60.0. The summed E-state index contributed by atoms with van der Waals surface area (Å²) in [5.41, 5.74) is 2.47. The highest BCUT2D eigenvalue weighted by molar-refractivity contribution is 6.02. The third-order valence-electron chi connectivity index (χ3n) is 8.74. The predicted molar refractivity (Wildman–Crippen MR) is 229 cm³/mol. The van der Waals surface area contributed by atoms with Gasteiger partial charge in [0.05, 0.1) is 37.6 Å². The second-order valence-electron chi connectivity index (χ2n) is 13.0. The molecular weight excluding hydrogens is 797 g/mol. The Balaban J connectivity index is 0.000000368. The number of hydrogen-bond donors (Lipinski definition) is 0. The van der Waals surface area contributed by atoms with Crippen molar-refractivity contribution in [1.29, 1.82) is 0 Å². The van der Waals surface area contributed by atoms with E-state index in [1.807, 2.05) is 48.5 Å². The highest BCUT2D eigenvalue weighted by Gasteiger charge is 2.41. The molecule has 322 valence electrons. The number of hydrogen-bond acceptors (Lipinski definition) is 13. The van der Waals surface area contributed by atoms with Crippen molar-refractivity contribution in [3.63, 3.8) is 0 Å². The van der Waals surface area contributed by atoms with Crippen LogP contribution in [0.1, 0.15) is 55.0 Å². The summed E-state index contributed by atoms with van der Waals surface area (Å²) in [6.45, 7) is 9.49. The van der Waals surface area contributed by atoms with Crippen LogP contribution in [0, 0.1) is 6.92 Å². The molecule has 0 radical (unpaired) electrons. The van der Waals surface area contributed by atoms with E-state index >= 15 is 0 Å². The molecule has 0 N–H and O–H groups in total. The van der Waals surface area contributed by atoms with Gasteiger partial charge < -0.3 is 37.9 Å². The molecule has 0 bridgehead atoms. The maximum atomic E-state index is 12.7. The fourth-order valence-electron chi connectivity index (χ4n) is 5.53. The molecule has 13 heteroatoms. The molecule has 0 spiro atoms. The van der Waals surface area contributed by atoms with E-state index in [9.17, 15) is 24.0 Å². The number of ether oxygens (including phenoxy) is 8. The Hall–Kier alpha value is -7.35. The van der Waals surface area contributed by atoms with Crippen molar-refractivity contribution in [3.05, 3.63) is 181 Å². The lowest BCUT2D eigenvalue weighted by atomic mass is 9.96. The van der Waals surface area contributed by atoms with Crippen molar-refractivity contribution in [3.8, 4) is 23.0 Å². The van der Waals surface area contributed by atoms with Crippen molar-refractivity contribution >= 4 is 29.7 Å². The van der Waals surface area contributed by atoms with E-state index < -0.39 is 29.7 Å². The molecule has 0 unspecified atom stereocenters. The molecule has 5 aromatic carbocycles. The topological polar surface area (TPSA) is 159 Å². The van der Waals surface area contributed by atoms with E-state index in [0.717, 1.165) is 12.2 Å². The number of methoxy groups -OCH3 is 2. The smallest absolute Gasteiger partial charge is 0.343 e. The van der Waals surface area contributed by atoms with Crippen LogP contribution >= 0.6 is 0 Å². The van der Waals surface area contributed by atoms with Crippen molar-refractivity contribution in [2.75, 3.05) is 40.6 Å².